The fourth-order valence-corrected chi connectivity index (χ4v) is 3.14. The smallest absolute Gasteiger partial charge is 0.0338 e. The van der Waals surface area contributed by atoms with Gasteiger partial charge in [0.25, 0.3) is 0 Å². The average molecular weight is 251 g/mol. The van der Waals surface area contributed by atoms with Crippen LogP contribution in [0.3, 0.4) is 0 Å². The summed E-state index contributed by atoms with van der Waals surface area (Å²) in [6.07, 6.45) is 5.99. The molecule has 1 aliphatic rings. The highest BCUT2D eigenvalue weighted by Gasteiger charge is 2.17. The van der Waals surface area contributed by atoms with Gasteiger partial charge in [-0.25, -0.2) is 0 Å². The molecule has 0 saturated heterocycles. The highest BCUT2D eigenvalue weighted by molar-refractivity contribution is 5.39. The molecule has 0 fully saturated rings. The van der Waals surface area contributed by atoms with Gasteiger partial charge in [-0.1, -0.05) is 48.5 Å². The van der Waals surface area contributed by atoms with Crippen LogP contribution in [-0.2, 0) is 19.3 Å². The van der Waals surface area contributed by atoms with E-state index in [0.717, 1.165) is 6.42 Å². The van der Waals surface area contributed by atoms with Crippen molar-refractivity contribution in [3.05, 3.63) is 70.8 Å². The van der Waals surface area contributed by atoms with Crippen molar-refractivity contribution < 1.29 is 0 Å². The third-order valence-electron chi connectivity index (χ3n) is 4.13. The summed E-state index contributed by atoms with van der Waals surface area (Å²) >= 11 is 0. The first-order valence-corrected chi connectivity index (χ1v) is 7.25. The predicted molar refractivity (Wildman–Crippen MR) is 80.2 cm³/mol. The van der Waals surface area contributed by atoms with E-state index in [0.29, 0.717) is 0 Å². The molecule has 19 heavy (non-hydrogen) atoms. The Morgan fingerprint density at radius 3 is 2.53 bits per heavy atom. The largest absolute Gasteiger partial charge is 0.324 e. The van der Waals surface area contributed by atoms with Crippen LogP contribution in [0.2, 0.25) is 0 Å². The molecule has 2 aromatic rings. The maximum atomic E-state index is 6.45. The van der Waals surface area contributed by atoms with E-state index in [1.165, 1.54) is 47.9 Å². The van der Waals surface area contributed by atoms with Crippen molar-refractivity contribution in [1.82, 2.24) is 0 Å². The molecule has 0 unspecified atom stereocenters. The van der Waals surface area contributed by atoms with Crippen LogP contribution >= 0.6 is 0 Å². The monoisotopic (exact) mass is 251 g/mol. The normalized spacial score (nSPS) is 15.8. The minimum Gasteiger partial charge on any atom is -0.324 e. The molecule has 0 spiro atoms. The number of hydrogen-bond donors (Lipinski definition) is 1. The van der Waals surface area contributed by atoms with Crippen molar-refractivity contribution in [1.29, 1.82) is 0 Å². The minimum absolute atomic E-state index is 0.121. The summed E-state index contributed by atoms with van der Waals surface area (Å²) < 4.78 is 0. The molecule has 0 amide bonds. The third kappa shape index (κ3) is 2.71. The summed E-state index contributed by atoms with van der Waals surface area (Å²) in [7, 11) is 0. The Kier molecular flexibility index (Phi) is 3.65. The minimum atomic E-state index is 0.121. The van der Waals surface area contributed by atoms with Crippen molar-refractivity contribution in [2.24, 2.45) is 5.73 Å². The van der Waals surface area contributed by atoms with Crippen molar-refractivity contribution in [3.63, 3.8) is 0 Å². The van der Waals surface area contributed by atoms with Crippen LogP contribution in [0.25, 0.3) is 0 Å². The van der Waals surface area contributed by atoms with Crippen LogP contribution in [0.1, 0.15) is 41.1 Å². The molecule has 1 atom stereocenters. The number of aryl methyl sites for hydroxylation is 1. The zero-order valence-corrected chi connectivity index (χ0v) is 11.3. The van der Waals surface area contributed by atoms with Crippen molar-refractivity contribution in [2.45, 2.75) is 38.1 Å². The van der Waals surface area contributed by atoms with E-state index in [4.69, 9.17) is 5.73 Å². The molecule has 1 nitrogen and oxygen atoms in total. The summed E-state index contributed by atoms with van der Waals surface area (Å²) in [5.74, 6) is 0. The zero-order valence-electron chi connectivity index (χ0n) is 11.3. The zero-order chi connectivity index (χ0) is 13.1. The van der Waals surface area contributed by atoms with Gasteiger partial charge in [-0.15, -0.1) is 0 Å². The highest BCUT2D eigenvalue weighted by atomic mass is 14.6. The molecule has 0 aromatic heterocycles. The lowest BCUT2D eigenvalue weighted by molar-refractivity contribution is 0.650. The molecule has 3 rings (SSSR count). The summed E-state index contributed by atoms with van der Waals surface area (Å²) in [5.41, 5.74) is 12.2. The van der Waals surface area contributed by atoms with Gasteiger partial charge in [0, 0.05) is 6.04 Å². The molecule has 1 aliphatic carbocycles. The lowest BCUT2D eigenvalue weighted by Crippen LogP contribution is -2.17. The first-order valence-electron chi connectivity index (χ1n) is 7.25. The second kappa shape index (κ2) is 5.58. The van der Waals surface area contributed by atoms with Gasteiger partial charge >= 0.3 is 0 Å². The maximum absolute atomic E-state index is 6.45. The maximum Gasteiger partial charge on any atom is 0.0338 e. The van der Waals surface area contributed by atoms with Gasteiger partial charge in [0.15, 0.2) is 0 Å². The lowest BCUT2D eigenvalue weighted by atomic mass is 9.85. The predicted octanol–water partition coefficient (Wildman–Crippen LogP) is 3.81. The SMILES string of the molecule is N[C@@H](Cc1ccccc1)c1cccc2c1CCCC2. The Balaban J connectivity index is 1.86. The number of fused-ring (bicyclic) bond motifs is 1. The van der Waals surface area contributed by atoms with Crippen LogP contribution in [0.5, 0.6) is 0 Å². The summed E-state index contributed by atoms with van der Waals surface area (Å²) in [6.45, 7) is 0. The summed E-state index contributed by atoms with van der Waals surface area (Å²) in [6, 6.07) is 17.3. The van der Waals surface area contributed by atoms with Crippen LogP contribution in [0, 0.1) is 0 Å². The van der Waals surface area contributed by atoms with Gasteiger partial charge in [0.05, 0.1) is 0 Å². The molecule has 1 heteroatoms. The van der Waals surface area contributed by atoms with E-state index >= 15 is 0 Å². The quantitative estimate of drug-likeness (QED) is 0.882. The number of rotatable bonds is 3. The standard InChI is InChI=1S/C18H21N/c19-18(13-14-7-2-1-3-8-14)17-12-6-10-15-9-4-5-11-16(15)17/h1-3,6-8,10,12,18H,4-5,9,11,13,19H2/t18-/m0/s1. The Morgan fingerprint density at radius 2 is 1.68 bits per heavy atom. The van der Waals surface area contributed by atoms with Gasteiger partial charge in [0.2, 0.25) is 0 Å². The van der Waals surface area contributed by atoms with Crippen molar-refractivity contribution in [2.75, 3.05) is 0 Å². The molecule has 2 N–H and O–H groups in total. The van der Waals surface area contributed by atoms with Crippen LogP contribution in [0.4, 0.5) is 0 Å². The first kappa shape index (κ1) is 12.4. The van der Waals surface area contributed by atoms with Gasteiger partial charge < -0.3 is 5.73 Å². The van der Waals surface area contributed by atoms with Crippen molar-refractivity contribution in [3.8, 4) is 0 Å². The topological polar surface area (TPSA) is 26.0 Å². The van der Waals surface area contributed by atoms with Gasteiger partial charge in [-0.2, -0.15) is 0 Å². The Morgan fingerprint density at radius 1 is 0.895 bits per heavy atom. The van der Waals surface area contributed by atoms with E-state index in [1.54, 1.807) is 0 Å². The van der Waals surface area contributed by atoms with Gasteiger partial charge in [-0.05, 0) is 54.4 Å². The fourth-order valence-electron chi connectivity index (χ4n) is 3.14. The van der Waals surface area contributed by atoms with E-state index in [-0.39, 0.29) is 6.04 Å². The Bertz CT molecular complexity index is 545. The molecule has 0 heterocycles. The molecular weight excluding hydrogens is 230 g/mol. The van der Waals surface area contributed by atoms with Crippen LogP contribution < -0.4 is 5.73 Å². The fraction of sp³-hybridized carbons (Fsp3) is 0.333. The summed E-state index contributed by atoms with van der Waals surface area (Å²) in [4.78, 5) is 0. The molecule has 98 valence electrons. The van der Waals surface area contributed by atoms with Crippen LogP contribution in [-0.4, -0.2) is 0 Å². The van der Waals surface area contributed by atoms with E-state index in [9.17, 15) is 0 Å². The van der Waals surface area contributed by atoms with E-state index in [1.807, 2.05) is 0 Å². The summed E-state index contributed by atoms with van der Waals surface area (Å²) in [5, 5.41) is 0. The Hall–Kier alpha value is -1.60. The Labute approximate surface area is 115 Å². The molecule has 0 aliphatic heterocycles. The van der Waals surface area contributed by atoms with Crippen molar-refractivity contribution >= 4 is 0 Å². The lowest BCUT2D eigenvalue weighted by Gasteiger charge is -2.23. The number of nitrogens with two attached hydrogens (primary N) is 1. The number of hydrogen-bond acceptors (Lipinski definition) is 1. The average Bonchev–Trinajstić information content (AvgIpc) is 2.47. The molecule has 2 aromatic carbocycles. The second-order valence-corrected chi connectivity index (χ2v) is 5.49. The van der Waals surface area contributed by atoms with Crippen LogP contribution in [0.15, 0.2) is 48.5 Å². The first-order chi connectivity index (χ1) is 9.34. The third-order valence-corrected chi connectivity index (χ3v) is 4.13. The highest BCUT2D eigenvalue weighted by Crippen LogP contribution is 2.28. The molecule has 0 radical (unpaired) electrons. The van der Waals surface area contributed by atoms with E-state index < -0.39 is 0 Å². The molecule has 0 saturated carbocycles. The van der Waals surface area contributed by atoms with Gasteiger partial charge in [0.1, 0.15) is 0 Å². The van der Waals surface area contributed by atoms with Gasteiger partial charge in [-0.3, -0.25) is 0 Å². The number of benzene rings is 2. The molecular formula is C18H21N. The van der Waals surface area contributed by atoms with E-state index in [2.05, 4.69) is 48.5 Å². The second-order valence-electron chi connectivity index (χ2n) is 5.49. The molecule has 0 bridgehead atoms.